The van der Waals surface area contributed by atoms with Crippen LogP contribution in [0.3, 0.4) is 0 Å². The lowest BCUT2D eigenvalue weighted by atomic mass is 9.44. The molecule has 0 fully saturated rings. The Morgan fingerprint density at radius 2 is 1.30 bits per heavy atom. The standard InChI is InChI=1S/C49H43BN2O/c1-47(2,3)28-20-23-30(24-21-28)51-39-25-22-29(48(4,5)6)26-38(39)50-42-35(27-36-31-14-10-12-19-40(31)53-45(36)44(42)51)32-16-13-17-34-41-33-15-9-11-18-37(33)49(7,8)46(41)52(50)43(32)34/h9-27H,1-8H3. The van der Waals surface area contributed by atoms with Gasteiger partial charge in [-0.2, -0.15) is 0 Å². The zero-order valence-electron chi connectivity index (χ0n) is 31.8. The van der Waals surface area contributed by atoms with Crippen molar-refractivity contribution in [1.82, 2.24) is 4.48 Å². The van der Waals surface area contributed by atoms with E-state index in [1.165, 1.54) is 72.2 Å². The van der Waals surface area contributed by atoms with Crippen LogP contribution in [0.1, 0.15) is 77.8 Å². The van der Waals surface area contributed by atoms with E-state index in [4.69, 9.17) is 4.42 Å². The second-order valence-electron chi connectivity index (χ2n) is 18.2. The molecule has 3 aliphatic rings. The summed E-state index contributed by atoms with van der Waals surface area (Å²) in [5.74, 6) is 0. The first-order valence-electron chi connectivity index (χ1n) is 19.1. The number of furan rings is 1. The van der Waals surface area contributed by atoms with Gasteiger partial charge in [-0.25, -0.2) is 0 Å². The van der Waals surface area contributed by atoms with Crippen LogP contribution in [0.5, 0.6) is 0 Å². The van der Waals surface area contributed by atoms with E-state index in [0.717, 1.165) is 33.3 Å². The Morgan fingerprint density at radius 3 is 2.08 bits per heavy atom. The fourth-order valence-corrected chi connectivity index (χ4v) is 10.0. The third kappa shape index (κ3) is 3.91. The number of hydrogen-bond acceptors (Lipinski definition) is 2. The van der Waals surface area contributed by atoms with Crippen LogP contribution in [0.4, 0.5) is 17.1 Å². The predicted molar refractivity (Wildman–Crippen MR) is 225 cm³/mol. The van der Waals surface area contributed by atoms with Gasteiger partial charge < -0.3 is 13.8 Å². The number of nitrogens with zero attached hydrogens (tertiary/aromatic N) is 2. The van der Waals surface area contributed by atoms with Gasteiger partial charge >= 0.3 is 6.85 Å². The Labute approximate surface area is 312 Å². The summed E-state index contributed by atoms with van der Waals surface area (Å²) in [7, 11) is 0. The van der Waals surface area contributed by atoms with Gasteiger partial charge in [-0.3, -0.25) is 0 Å². The summed E-state index contributed by atoms with van der Waals surface area (Å²) in [6, 6.07) is 43.6. The minimum Gasteiger partial charge on any atom is -0.454 e. The van der Waals surface area contributed by atoms with E-state index < -0.39 is 0 Å². The zero-order valence-corrected chi connectivity index (χ0v) is 31.8. The van der Waals surface area contributed by atoms with Crippen LogP contribution >= 0.6 is 0 Å². The van der Waals surface area contributed by atoms with Crippen molar-refractivity contribution >= 4 is 67.7 Å². The van der Waals surface area contributed by atoms with Gasteiger partial charge in [0.25, 0.3) is 0 Å². The van der Waals surface area contributed by atoms with E-state index in [1.807, 2.05) is 0 Å². The molecule has 0 atom stereocenters. The summed E-state index contributed by atoms with van der Waals surface area (Å²) < 4.78 is 9.78. The topological polar surface area (TPSA) is 21.3 Å². The molecule has 53 heavy (non-hydrogen) atoms. The number of para-hydroxylation sites is 2. The second-order valence-corrected chi connectivity index (χ2v) is 18.2. The molecule has 0 saturated heterocycles. The number of hydrogen-bond donors (Lipinski definition) is 0. The Morgan fingerprint density at radius 1 is 0.623 bits per heavy atom. The van der Waals surface area contributed by atoms with Gasteiger partial charge in [0, 0.05) is 55.3 Å². The first-order chi connectivity index (χ1) is 25.3. The van der Waals surface area contributed by atoms with Crippen LogP contribution < -0.4 is 15.8 Å². The van der Waals surface area contributed by atoms with E-state index in [0.29, 0.717) is 0 Å². The minimum atomic E-state index is -0.189. The number of anilines is 3. The fraction of sp³-hybridized carbons (Fsp3) is 0.224. The van der Waals surface area contributed by atoms with E-state index in [2.05, 4.69) is 180 Å². The highest BCUT2D eigenvalue weighted by Crippen LogP contribution is 2.56. The highest BCUT2D eigenvalue weighted by Gasteiger charge is 2.49. The summed E-state index contributed by atoms with van der Waals surface area (Å²) >= 11 is 0. The van der Waals surface area contributed by atoms with Gasteiger partial charge in [0.15, 0.2) is 5.58 Å². The lowest BCUT2D eigenvalue weighted by Crippen LogP contribution is -2.58. The molecule has 1 aliphatic carbocycles. The summed E-state index contributed by atoms with van der Waals surface area (Å²) in [5.41, 5.74) is 20.0. The molecule has 0 amide bonds. The molecule has 0 radical (unpaired) electrons. The lowest BCUT2D eigenvalue weighted by molar-refractivity contribution is 0.590. The molecule has 4 heteroatoms. The summed E-state index contributed by atoms with van der Waals surface area (Å²) in [5, 5.41) is 3.66. The number of benzene rings is 6. The average Bonchev–Trinajstić information content (AvgIpc) is 3.76. The molecule has 0 unspecified atom stereocenters. The first-order valence-corrected chi connectivity index (χ1v) is 19.1. The van der Waals surface area contributed by atoms with Crippen LogP contribution in [-0.4, -0.2) is 11.3 Å². The molecule has 0 bridgehead atoms. The molecule has 0 N–H and O–H groups in total. The minimum absolute atomic E-state index is 0.0178. The molecule has 2 aliphatic heterocycles. The van der Waals surface area contributed by atoms with Crippen LogP contribution in [0.2, 0.25) is 0 Å². The molecule has 6 aromatic carbocycles. The molecular formula is C49H43BN2O. The molecule has 11 rings (SSSR count). The van der Waals surface area contributed by atoms with Crippen molar-refractivity contribution in [1.29, 1.82) is 0 Å². The SMILES string of the molecule is CC(C)(C)c1ccc(N2c3ccc(C(C)(C)C)cc3B3c4c(cc5c(oc6ccccc65)c42)-c2cccc4c5c(n3c24)C(C)(C)c2ccccc2-5)cc1. The van der Waals surface area contributed by atoms with Crippen LogP contribution in [0, 0.1) is 0 Å². The Balaban J connectivity index is 1.34. The number of aromatic nitrogens is 1. The third-order valence-corrected chi connectivity index (χ3v) is 12.6. The van der Waals surface area contributed by atoms with Crippen molar-refractivity contribution in [3.8, 4) is 22.3 Å². The van der Waals surface area contributed by atoms with Crippen LogP contribution in [0.25, 0.3) is 55.1 Å². The average molecular weight is 687 g/mol. The highest BCUT2D eigenvalue weighted by atomic mass is 16.3. The van der Waals surface area contributed by atoms with Crippen molar-refractivity contribution in [2.45, 2.75) is 71.6 Å². The maximum Gasteiger partial charge on any atom is 0.333 e. The van der Waals surface area contributed by atoms with Gasteiger partial charge in [0.2, 0.25) is 0 Å². The Hall–Kier alpha value is -5.48. The zero-order chi connectivity index (χ0) is 36.3. The van der Waals surface area contributed by atoms with Crippen molar-refractivity contribution < 1.29 is 4.42 Å². The fourth-order valence-electron chi connectivity index (χ4n) is 10.0. The van der Waals surface area contributed by atoms with E-state index >= 15 is 0 Å². The van der Waals surface area contributed by atoms with Gasteiger partial charge in [-0.05, 0) is 79.9 Å². The van der Waals surface area contributed by atoms with Gasteiger partial charge in [-0.1, -0.05) is 140 Å². The van der Waals surface area contributed by atoms with Crippen LogP contribution in [-0.2, 0) is 16.2 Å². The smallest absolute Gasteiger partial charge is 0.333 e. The molecule has 4 heterocycles. The first kappa shape index (κ1) is 31.1. The summed E-state index contributed by atoms with van der Waals surface area (Å²) in [4.78, 5) is 2.52. The molecule has 2 aromatic heterocycles. The predicted octanol–water partition coefficient (Wildman–Crippen LogP) is 11.9. The Kier molecular flexibility index (Phi) is 5.83. The number of rotatable bonds is 1. The number of fused-ring (bicyclic) bond motifs is 13. The van der Waals surface area contributed by atoms with Crippen molar-refractivity contribution in [2.75, 3.05) is 4.90 Å². The molecule has 0 spiro atoms. The largest absolute Gasteiger partial charge is 0.454 e. The summed E-state index contributed by atoms with van der Waals surface area (Å²) in [6.45, 7) is 18.7. The van der Waals surface area contributed by atoms with Crippen LogP contribution in [0.15, 0.2) is 120 Å². The molecule has 0 saturated carbocycles. The maximum atomic E-state index is 7.02. The van der Waals surface area contributed by atoms with Gasteiger partial charge in [0.05, 0.1) is 5.69 Å². The van der Waals surface area contributed by atoms with E-state index in [9.17, 15) is 0 Å². The molecule has 258 valence electrons. The molecule has 3 nitrogen and oxygen atoms in total. The quantitative estimate of drug-likeness (QED) is 0.160. The maximum absolute atomic E-state index is 7.02. The second kappa shape index (κ2) is 9.93. The molecular weight excluding hydrogens is 643 g/mol. The van der Waals surface area contributed by atoms with Crippen molar-refractivity contribution in [2.24, 2.45) is 0 Å². The molecule has 8 aromatic rings. The normalized spacial score (nSPS) is 15.2. The van der Waals surface area contributed by atoms with Crippen molar-refractivity contribution in [3.63, 3.8) is 0 Å². The van der Waals surface area contributed by atoms with Crippen molar-refractivity contribution in [3.05, 3.63) is 138 Å². The van der Waals surface area contributed by atoms with Gasteiger partial charge in [0.1, 0.15) is 5.58 Å². The van der Waals surface area contributed by atoms with Gasteiger partial charge in [-0.15, -0.1) is 0 Å². The summed E-state index contributed by atoms with van der Waals surface area (Å²) in [6.07, 6.45) is 0. The highest BCUT2D eigenvalue weighted by molar-refractivity contribution is 6.90. The lowest BCUT2D eigenvalue weighted by Gasteiger charge is -2.42. The monoisotopic (exact) mass is 686 g/mol. The Bertz CT molecular complexity index is 2890. The van der Waals surface area contributed by atoms with E-state index in [-0.39, 0.29) is 23.1 Å². The third-order valence-electron chi connectivity index (χ3n) is 12.6. The van der Waals surface area contributed by atoms with E-state index in [1.54, 1.807) is 0 Å².